The minimum atomic E-state index is 0.707. The monoisotopic (exact) mass is 292 g/mol. The zero-order valence-corrected chi connectivity index (χ0v) is 12.5. The van der Waals surface area contributed by atoms with Crippen molar-refractivity contribution in [1.29, 1.82) is 0 Å². The summed E-state index contributed by atoms with van der Waals surface area (Å²) in [4.78, 5) is 7.97. The molecule has 0 saturated carbocycles. The van der Waals surface area contributed by atoms with Crippen LogP contribution in [0, 0.1) is 5.92 Å². The van der Waals surface area contributed by atoms with Gasteiger partial charge in [-0.1, -0.05) is 11.2 Å². The molecular weight excluding hydrogens is 272 g/mol. The van der Waals surface area contributed by atoms with E-state index >= 15 is 0 Å². The van der Waals surface area contributed by atoms with Crippen LogP contribution in [-0.4, -0.2) is 41.7 Å². The van der Waals surface area contributed by atoms with Crippen molar-refractivity contribution in [3.63, 3.8) is 0 Å². The maximum Gasteiger partial charge on any atom is 0.241 e. The molecule has 1 atom stereocenters. The van der Waals surface area contributed by atoms with Crippen LogP contribution in [0.4, 0.5) is 0 Å². The number of nitrogens with zero attached hydrogens (tertiary/aromatic N) is 3. The second-order valence-corrected chi connectivity index (χ2v) is 6.24. The quantitative estimate of drug-likeness (QED) is 0.916. The summed E-state index contributed by atoms with van der Waals surface area (Å²) in [7, 11) is 2.02. The Labute approximate surface area is 123 Å². The first-order chi connectivity index (χ1) is 9.85. The maximum atomic E-state index is 5.37. The Morgan fingerprint density at radius 3 is 3.30 bits per heavy atom. The van der Waals surface area contributed by atoms with E-state index in [1.165, 1.54) is 12.8 Å². The number of nitrogens with one attached hydrogen (secondary N) is 1. The van der Waals surface area contributed by atoms with Gasteiger partial charge < -0.3 is 9.84 Å². The molecule has 0 aliphatic carbocycles. The number of aromatic nitrogens is 2. The lowest BCUT2D eigenvalue weighted by Crippen LogP contribution is -2.38. The number of hydrogen-bond acceptors (Lipinski definition) is 6. The van der Waals surface area contributed by atoms with E-state index in [0.717, 1.165) is 42.9 Å². The van der Waals surface area contributed by atoms with Crippen molar-refractivity contribution < 1.29 is 4.52 Å². The van der Waals surface area contributed by atoms with Crippen molar-refractivity contribution in [2.75, 3.05) is 26.7 Å². The highest BCUT2D eigenvalue weighted by molar-refractivity contribution is 7.13. The zero-order chi connectivity index (χ0) is 13.8. The van der Waals surface area contributed by atoms with E-state index in [2.05, 4.69) is 20.4 Å². The molecule has 6 heteroatoms. The van der Waals surface area contributed by atoms with Crippen LogP contribution in [0.25, 0.3) is 10.7 Å². The molecule has 108 valence electrons. The molecule has 2 aromatic rings. The molecule has 3 heterocycles. The molecule has 0 aromatic carbocycles. The fourth-order valence-electron chi connectivity index (χ4n) is 2.77. The van der Waals surface area contributed by atoms with Gasteiger partial charge in [-0.2, -0.15) is 4.98 Å². The lowest BCUT2D eigenvalue weighted by atomic mass is 9.98. The average molecular weight is 292 g/mol. The highest BCUT2D eigenvalue weighted by Gasteiger charge is 2.21. The molecule has 1 unspecified atom stereocenters. The van der Waals surface area contributed by atoms with Gasteiger partial charge in [0.25, 0.3) is 0 Å². The second kappa shape index (κ2) is 6.47. The SMILES string of the molecule is CNCC1CCCN(Cc2nc(-c3cccs3)no2)C1. The van der Waals surface area contributed by atoms with Crippen LogP contribution in [0.2, 0.25) is 0 Å². The van der Waals surface area contributed by atoms with E-state index in [9.17, 15) is 0 Å². The Hall–Kier alpha value is -1.24. The molecule has 1 N–H and O–H groups in total. The molecule has 1 aliphatic rings. The normalized spacial score (nSPS) is 20.4. The number of likely N-dealkylation sites (tertiary alicyclic amines) is 1. The molecule has 20 heavy (non-hydrogen) atoms. The molecule has 0 radical (unpaired) electrons. The molecule has 1 fully saturated rings. The second-order valence-electron chi connectivity index (χ2n) is 5.29. The van der Waals surface area contributed by atoms with Gasteiger partial charge in [-0.05, 0) is 50.3 Å². The summed E-state index contributed by atoms with van der Waals surface area (Å²) in [5.74, 6) is 2.16. The highest BCUT2D eigenvalue weighted by Crippen LogP contribution is 2.22. The minimum Gasteiger partial charge on any atom is -0.338 e. The number of hydrogen-bond donors (Lipinski definition) is 1. The topological polar surface area (TPSA) is 54.2 Å². The van der Waals surface area contributed by atoms with Crippen molar-refractivity contribution in [2.45, 2.75) is 19.4 Å². The number of thiophene rings is 1. The maximum absolute atomic E-state index is 5.37. The summed E-state index contributed by atoms with van der Waals surface area (Å²) >= 11 is 1.64. The van der Waals surface area contributed by atoms with Crippen molar-refractivity contribution in [3.05, 3.63) is 23.4 Å². The molecule has 2 aromatic heterocycles. The molecule has 0 amide bonds. The van der Waals surface area contributed by atoms with Gasteiger partial charge in [0.15, 0.2) is 0 Å². The molecular formula is C14H20N4OS. The molecule has 1 saturated heterocycles. The summed E-state index contributed by atoms with van der Waals surface area (Å²) in [6, 6.07) is 4.02. The first kappa shape index (κ1) is 13.7. The van der Waals surface area contributed by atoms with Crippen LogP contribution in [0.1, 0.15) is 18.7 Å². The summed E-state index contributed by atoms with van der Waals surface area (Å²) in [5.41, 5.74) is 0. The highest BCUT2D eigenvalue weighted by atomic mass is 32.1. The summed E-state index contributed by atoms with van der Waals surface area (Å²) in [6.07, 6.45) is 2.56. The lowest BCUT2D eigenvalue weighted by Gasteiger charge is -2.31. The van der Waals surface area contributed by atoms with Crippen molar-refractivity contribution in [3.8, 4) is 10.7 Å². The Bertz CT molecular complexity index is 523. The Balaban J connectivity index is 1.60. The van der Waals surface area contributed by atoms with Gasteiger partial charge in [-0.3, -0.25) is 4.90 Å². The van der Waals surface area contributed by atoms with Gasteiger partial charge in [0, 0.05) is 6.54 Å². The van der Waals surface area contributed by atoms with E-state index in [4.69, 9.17) is 4.52 Å². The lowest BCUT2D eigenvalue weighted by molar-refractivity contribution is 0.149. The first-order valence-corrected chi connectivity index (χ1v) is 7.96. The smallest absolute Gasteiger partial charge is 0.241 e. The average Bonchev–Trinajstić information content (AvgIpc) is 3.10. The zero-order valence-electron chi connectivity index (χ0n) is 11.7. The first-order valence-electron chi connectivity index (χ1n) is 7.08. The van der Waals surface area contributed by atoms with Gasteiger partial charge in [0.2, 0.25) is 11.7 Å². The van der Waals surface area contributed by atoms with Crippen LogP contribution >= 0.6 is 11.3 Å². The van der Waals surface area contributed by atoms with E-state index < -0.39 is 0 Å². The van der Waals surface area contributed by atoms with Crippen LogP contribution in [0.15, 0.2) is 22.0 Å². The third kappa shape index (κ3) is 3.26. The molecule has 5 nitrogen and oxygen atoms in total. The van der Waals surface area contributed by atoms with Gasteiger partial charge in [-0.25, -0.2) is 0 Å². The number of piperidine rings is 1. The molecule has 0 spiro atoms. The van der Waals surface area contributed by atoms with E-state index in [-0.39, 0.29) is 0 Å². The Morgan fingerprint density at radius 1 is 1.55 bits per heavy atom. The predicted octanol–water partition coefficient (Wildman–Crippen LogP) is 2.23. The largest absolute Gasteiger partial charge is 0.338 e. The summed E-state index contributed by atoms with van der Waals surface area (Å²) in [6.45, 7) is 4.08. The Kier molecular flexibility index (Phi) is 4.44. The molecule has 0 bridgehead atoms. The standard InChI is InChI=1S/C14H20N4OS/c1-15-8-11-4-2-6-18(9-11)10-13-16-14(17-19-13)12-5-3-7-20-12/h3,5,7,11,15H,2,4,6,8-10H2,1H3. The fourth-order valence-corrected chi connectivity index (χ4v) is 3.42. The third-order valence-corrected chi connectivity index (χ3v) is 4.53. The van der Waals surface area contributed by atoms with Gasteiger partial charge in [0.05, 0.1) is 11.4 Å². The van der Waals surface area contributed by atoms with Gasteiger partial charge in [0.1, 0.15) is 0 Å². The fraction of sp³-hybridized carbons (Fsp3) is 0.571. The van der Waals surface area contributed by atoms with E-state index in [1.54, 1.807) is 11.3 Å². The predicted molar refractivity (Wildman–Crippen MR) is 79.5 cm³/mol. The van der Waals surface area contributed by atoms with Crippen LogP contribution in [-0.2, 0) is 6.54 Å². The van der Waals surface area contributed by atoms with Crippen LogP contribution in [0.3, 0.4) is 0 Å². The van der Waals surface area contributed by atoms with Crippen molar-refractivity contribution in [2.24, 2.45) is 5.92 Å². The summed E-state index contributed by atoms with van der Waals surface area (Å²) in [5, 5.41) is 9.36. The molecule has 1 aliphatic heterocycles. The van der Waals surface area contributed by atoms with Crippen LogP contribution < -0.4 is 5.32 Å². The minimum absolute atomic E-state index is 0.707. The third-order valence-electron chi connectivity index (χ3n) is 3.66. The van der Waals surface area contributed by atoms with Gasteiger partial charge >= 0.3 is 0 Å². The van der Waals surface area contributed by atoms with Crippen LogP contribution in [0.5, 0.6) is 0 Å². The van der Waals surface area contributed by atoms with E-state index in [0.29, 0.717) is 5.82 Å². The molecule has 3 rings (SSSR count). The number of rotatable bonds is 5. The van der Waals surface area contributed by atoms with Gasteiger partial charge in [-0.15, -0.1) is 11.3 Å². The Morgan fingerprint density at radius 2 is 2.50 bits per heavy atom. The van der Waals surface area contributed by atoms with E-state index in [1.807, 2.05) is 24.6 Å². The summed E-state index contributed by atoms with van der Waals surface area (Å²) < 4.78 is 5.37. The van der Waals surface area contributed by atoms with Crippen molar-refractivity contribution >= 4 is 11.3 Å². The van der Waals surface area contributed by atoms with Crippen molar-refractivity contribution in [1.82, 2.24) is 20.4 Å².